The van der Waals surface area contributed by atoms with Crippen molar-refractivity contribution in [3.8, 4) is 11.1 Å². The fraction of sp³-hybridized carbons (Fsp3) is 0.529. The van der Waals surface area contributed by atoms with Gasteiger partial charge < -0.3 is 51.5 Å². The second-order valence-electron chi connectivity index (χ2n) is 24.4. The van der Waals surface area contributed by atoms with Gasteiger partial charge in [-0.15, -0.1) is 0 Å². The van der Waals surface area contributed by atoms with Gasteiger partial charge in [-0.25, -0.2) is 0 Å². The molecule has 2 saturated carbocycles. The molecule has 2 heterocycles. The van der Waals surface area contributed by atoms with Crippen molar-refractivity contribution < 1.29 is 38.4 Å². The van der Waals surface area contributed by atoms with Crippen molar-refractivity contribution in [3.63, 3.8) is 0 Å². The van der Waals surface area contributed by atoms with Crippen LogP contribution in [0.1, 0.15) is 137 Å². The molecule has 18 nitrogen and oxygen atoms in total. The molecule has 4 aromatic carbocycles. The topological polar surface area (TPSA) is 222 Å². The van der Waals surface area contributed by atoms with E-state index in [2.05, 4.69) is 31.9 Å². The summed E-state index contributed by atoms with van der Waals surface area (Å²) in [5.41, 5.74) is 4.34. The maximum absolute atomic E-state index is 14.8. The predicted octanol–water partition coefficient (Wildman–Crippen LogP) is 6.69. The molecule has 8 amide bonds. The highest BCUT2D eigenvalue weighted by Gasteiger charge is 2.46. The van der Waals surface area contributed by atoms with Gasteiger partial charge in [0.25, 0.3) is 11.8 Å². The number of hydrogen-bond donors (Lipinski definition) is 6. The van der Waals surface area contributed by atoms with E-state index >= 15 is 0 Å². The van der Waals surface area contributed by atoms with Crippen LogP contribution < -0.4 is 31.9 Å². The van der Waals surface area contributed by atoms with E-state index in [-0.39, 0.29) is 72.2 Å². The van der Waals surface area contributed by atoms with Gasteiger partial charge in [-0.3, -0.25) is 38.4 Å². The maximum atomic E-state index is 14.8. The molecule has 0 spiro atoms. The average Bonchev–Trinajstić information content (AvgIpc) is 2.05. The quantitative estimate of drug-likeness (QED) is 0.0413. The Morgan fingerprint density at radius 2 is 0.826 bits per heavy atom. The monoisotopic (exact) mass is 1180 g/mol. The van der Waals surface area contributed by atoms with Crippen molar-refractivity contribution in [2.24, 2.45) is 23.7 Å². The van der Waals surface area contributed by atoms with E-state index in [9.17, 15) is 38.4 Å². The van der Waals surface area contributed by atoms with Gasteiger partial charge in [-0.2, -0.15) is 0 Å². The van der Waals surface area contributed by atoms with Crippen LogP contribution in [0.2, 0.25) is 0 Å². The van der Waals surface area contributed by atoms with E-state index in [0.29, 0.717) is 63.0 Å². The lowest BCUT2D eigenvalue weighted by atomic mass is 9.83. The Kier molecular flexibility index (Phi) is 23.5. The molecular formula is C68H92N10O8. The zero-order chi connectivity index (χ0) is 61.3. The summed E-state index contributed by atoms with van der Waals surface area (Å²) in [6.07, 6.45) is 10.8. The largest absolute Gasteiger partial charge is 0.343 e. The highest BCUT2D eigenvalue weighted by Crippen LogP contribution is 2.35. The third-order valence-corrected chi connectivity index (χ3v) is 18.6. The zero-order valence-electron chi connectivity index (χ0n) is 51.4. The van der Waals surface area contributed by atoms with E-state index in [1.54, 1.807) is 96.1 Å². The molecule has 0 bridgehead atoms. The van der Waals surface area contributed by atoms with E-state index in [4.69, 9.17) is 0 Å². The number of likely N-dealkylation sites (tertiary alicyclic amines) is 2. The predicted molar refractivity (Wildman–Crippen MR) is 333 cm³/mol. The Morgan fingerprint density at radius 1 is 0.477 bits per heavy atom. The second kappa shape index (κ2) is 31.3. The van der Waals surface area contributed by atoms with Crippen LogP contribution in [0, 0.1) is 23.7 Å². The van der Waals surface area contributed by atoms with Crippen molar-refractivity contribution in [1.82, 2.24) is 51.5 Å². The molecule has 462 valence electrons. The lowest BCUT2D eigenvalue weighted by molar-refractivity contribution is -0.149. The molecule has 86 heavy (non-hydrogen) atoms. The Bertz CT molecular complexity index is 2720. The van der Waals surface area contributed by atoms with E-state index in [1.807, 2.05) is 74.5 Å². The minimum absolute atomic E-state index is 0.00987. The summed E-state index contributed by atoms with van der Waals surface area (Å²) >= 11 is 0. The van der Waals surface area contributed by atoms with Gasteiger partial charge in [0.2, 0.25) is 35.4 Å². The van der Waals surface area contributed by atoms with Crippen LogP contribution in [-0.2, 0) is 41.6 Å². The zero-order valence-corrected chi connectivity index (χ0v) is 51.4. The van der Waals surface area contributed by atoms with Gasteiger partial charge in [-0.05, 0) is 150 Å². The Labute approximate surface area is 508 Å². The standard InChI is InChI=1S/C68H92N10O8/c1-45-35-39-77(67(85)59(53-23-15-9-16-24-53)73-61(81)47(3)69-5)65(45)75(41-37-49-19-11-7-12-20-49)57(79)43-71-63(83)55-31-27-51(28-32-55)52-29-33-56(34-30-52)64(84)72-44-58(80)76(42-38-50-21-13-8-14-22-50)66-46(2)36-40-78(66)68(86)60(54-25-17-10-18-26-54)74-62(82)48(4)70-6/h7-8,11-14,19-22,27-34,45-48,53-54,59-60,65-66,69-70H,9-10,15-18,23-26,35-44H2,1-6H3,(H,71,83)(H,72,84)(H,73,81)(H,74,82)/t45-,46-,47-,48-,59-,60-,65?,66?/m0/s1. The minimum Gasteiger partial charge on any atom is -0.343 e. The summed E-state index contributed by atoms with van der Waals surface area (Å²) in [4.78, 5) is 120. The summed E-state index contributed by atoms with van der Waals surface area (Å²) in [7, 11) is 3.43. The third-order valence-electron chi connectivity index (χ3n) is 18.6. The van der Waals surface area contributed by atoms with Crippen LogP contribution in [-0.4, -0.2) is 157 Å². The number of benzene rings is 4. The highest BCUT2D eigenvalue weighted by atomic mass is 16.2. The number of hydrogen-bond acceptors (Lipinski definition) is 10. The molecule has 4 fully saturated rings. The van der Waals surface area contributed by atoms with Gasteiger partial charge in [0.1, 0.15) is 24.4 Å². The fourth-order valence-electron chi connectivity index (χ4n) is 13.1. The number of carbonyl (C=O) groups excluding carboxylic acids is 8. The molecule has 0 radical (unpaired) electrons. The molecule has 4 aromatic rings. The van der Waals surface area contributed by atoms with Crippen LogP contribution in [0.25, 0.3) is 11.1 Å². The lowest BCUT2D eigenvalue weighted by Crippen LogP contribution is -2.60. The van der Waals surface area contributed by atoms with Crippen LogP contribution in [0.15, 0.2) is 109 Å². The van der Waals surface area contributed by atoms with Crippen LogP contribution >= 0.6 is 0 Å². The first-order chi connectivity index (χ1) is 41.6. The molecule has 6 N–H and O–H groups in total. The molecular weight excluding hydrogens is 1080 g/mol. The molecule has 18 heteroatoms. The van der Waals surface area contributed by atoms with Crippen molar-refractivity contribution in [3.05, 3.63) is 131 Å². The molecule has 8 atom stereocenters. The number of rotatable bonds is 25. The average molecular weight is 1180 g/mol. The van der Waals surface area contributed by atoms with Crippen molar-refractivity contribution >= 4 is 47.3 Å². The summed E-state index contributed by atoms with van der Waals surface area (Å²) in [6, 6.07) is 31.3. The van der Waals surface area contributed by atoms with Crippen LogP contribution in [0.3, 0.4) is 0 Å². The number of nitrogens with one attached hydrogen (secondary N) is 6. The molecule has 8 rings (SSSR count). The van der Waals surface area contributed by atoms with Crippen LogP contribution in [0.5, 0.6) is 0 Å². The maximum Gasteiger partial charge on any atom is 0.251 e. The molecule has 2 saturated heterocycles. The Balaban J connectivity index is 0.906. The number of carbonyl (C=O) groups is 8. The highest BCUT2D eigenvalue weighted by molar-refractivity contribution is 5.98. The van der Waals surface area contributed by atoms with E-state index < -0.39 is 48.3 Å². The molecule has 2 aliphatic carbocycles. The first-order valence-electron chi connectivity index (χ1n) is 31.6. The second-order valence-corrected chi connectivity index (χ2v) is 24.4. The Morgan fingerprint density at radius 3 is 1.16 bits per heavy atom. The first-order valence-corrected chi connectivity index (χ1v) is 31.6. The van der Waals surface area contributed by atoms with Crippen LogP contribution in [0.4, 0.5) is 0 Å². The molecule has 4 aliphatic rings. The first kappa shape index (κ1) is 64.6. The smallest absolute Gasteiger partial charge is 0.251 e. The van der Waals surface area contributed by atoms with Crippen molar-refractivity contribution in [2.75, 3.05) is 53.4 Å². The minimum atomic E-state index is -0.715. The van der Waals surface area contributed by atoms with Gasteiger partial charge in [0.05, 0.1) is 25.2 Å². The third kappa shape index (κ3) is 16.5. The summed E-state index contributed by atoms with van der Waals surface area (Å²) in [5, 5.41) is 17.9. The van der Waals surface area contributed by atoms with E-state index in [1.165, 1.54) is 0 Å². The number of likely N-dealkylation sites (N-methyl/N-ethyl adjacent to an activating group) is 2. The van der Waals surface area contributed by atoms with Gasteiger partial charge in [0, 0.05) is 37.3 Å². The summed E-state index contributed by atoms with van der Waals surface area (Å²) < 4.78 is 0. The summed E-state index contributed by atoms with van der Waals surface area (Å²) in [6.45, 7) is 8.58. The SMILES string of the molecule is CN[C@@H](C)C(=O)N[C@H](C(=O)N1CC[C@H](C)C1N(CCc1ccccc1)C(=O)CNC(=O)c1ccc(-c2ccc(C(=O)NCC(=O)N(CCc3ccccc3)C3[C@@H](C)CCN3C(=O)[C@@H](NC(=O)[C@H](C)NC)C3CCCCC3)cc2)cc1)C1CCCCC1. The normalized spacial score (nSPS) is 20.4. The van der Waals surface area contributed by atoms with Gasteiger partial charge in [0.15, 0.2) is 0 Å². The van der Waals surface area contributed by atoms with Gasteiger partial charge >= 0.3 is 0 Å². The fourth-order valence-corrected chi connectivity index (χ4v) is 13.1. The number of nitrogens with zero attached hydrogens (tertiary/aromatic N) is 4. The van der Waals surface area contributed by atoms with Crippen molar-refractivity contribution in [1.29, 1.82) is 0 Å². The molecule has 0 aromatic heterocycles. The van der Waals surface area contributed by atoms with E-state index in [0.717, 1.165) is 86.5 Å². The Hall–Kier alpha value is -7.44. The molecule has 2 unspecified atom stereocenters. The van der Waals surface area contributed by atoms with Gasteiger partial charge in [-0.1, -0.05) is 137 Å². The molecule has 2 aliphatic heterocycles. The number of amides is 8. The lowest BCUT2D eigenvalue weighted by Gasteiger charge is -2.40. The summed E-state index contributed by atoms with van der Waals surface area (Å²) in [5.74, 6) is -2.47. The van der Waals surface area contributed by atoms with Crippen molar-refractivity contribution in [2.45, 2.75) is 154 Å².